The topological polar surface area (TPSA) is 107 Å². The molecule has 4 aromatic rings. The summed E-state index contributed by atoms with van der Waals surface area (Å²) in [5.74, 6) is 5.02. The first kappa shape index (κ1) is 40.6. The number of halogens is 1. The molecule has 0 spiro atoms. The van der Waals surface area contributed by atoms with E-state index in [0.717, 1.165) is 49.1 Å². The molecule has 0 N–H and O–H groups in total. The van der Waals surface area contributed by atoms with Gasteiger partial charge in [-0.3, -0.25) is 9.47 Å². The summed E-state index contributed by atoms with van der Waals surface area (Å²) in [6, 6.07) is 9.34. The van der Waals surface area contributed by atoms with Gasteiger partial charge in [-0.05, 0) is 77.5 Å². The molecule has 1 aliphatic carbocycles. The predicted octanol–water partition coefficient (Wildman–Crippen LogP) is 7.74. The van der Waals surface area contributed by atoms with Crippen LogP contribution in [0.25, 0.3) is 10.2 Å². The molecule has 6 rings (SSSR count). The minimum atomic E-state index is -1.89. The summed E-state index contributed by atoms with van der Waals surface area (Å²) in [7, 11) is 2.68. The number of aryl methyl sites for hydroxylation is 1. The fourth-order valence-corrected chi connectivity index (χ4v) is 8.98. The molecule has 11 nitrogen and oxygen atoms in total. The zero-order valence-electron chi connectivity index (χ0n) is 32.8. The number of carbonyl (C=O) groups is 1. The minimum absolute atomic E-state index is 0.0927. The van der Waals surface area contributed by atoms with Gasteiger partial charge in [0.2, 0.25) is 5.85 Å². The Bertz CT molecular complexity index is 2210. The quantitative estimate of drug-likeness (QED) is 0.0517. The van der Waals surface area contributed by atoms with E-state index in [1.54, 1.807) is 30.4 Å². The van der Waals surface area contributed by atoms with Crippen molar-refractivity contribution < 1.29 is 23.4 Å². The van der Waals surface area contributed by atoms with Crippen LogP contribution < -0.4 is 9.70 Å². The average Bonchev–Trinajstić information content (AvgIpc) is 3.86. The van der Waals surface area contributed by atoms with E-state index in [1.165, 1.54) is 17.4 Å². The lowest BCUT2D eigenvalue weighted by Crippen LogP contribution is -2.26. The largest absolute Gasteiger partial charge is 0.461 e. The second kappa shape index (κ2) is 17.8. The molecule has 0 amide bonds. The summed E-state index contributed by atoms with van der Waals surface area (Å²) in [6.45, 7) is 13.6. The van der Waals surface area contributed by atoms with Crippen molar-refractivity contribution in [2.75, 3.05) is 51.9 Å². The number of thiazole rings is 2. The third-order valence-electron chi connectivity index (χ3n) is 9.16. The number of carbonyl (C=O) groups excluding carboxylic acids is 1. The lowest BCUT2D eigenvalue weighted by Gasteiger charge is -2.23. The fourth-order valence-electron chi connectivity index (χ4n) is 6.08. The molecule has 0 saturated carbocycles. The first-order valence-electron chi connectivity index (χ1n) is 18.7. The number of benzene rings is 1. The Balaban J connectivity index is 1.17. The number of ether oxygens (including phenoxy) is 3. The Morgan fingerprint density at radius 3 is 2.73 bits per heavy atom. The van der Waals surface area contributed by atoms with Crippen LogP contribution in [0.1, 0.15) is 46.3 Å². The van der Waals surface area contributed by atoms with Crippen LogP contribution in [0, 0.1) is 18.8 Å². The maximum atomic E-state index is 15.4. The number of fused-ring (bicyclic) bond motifs is 2. The predicted molar refractivity (Wildman–Crippen MR) is 221 cm³/mol. The van der Waals surface area contributed by atoms with Crippen molar-refractivity contribution in [3.8, 4) is 11.8 Å². The number of allylic oxidation sites excluding steroid dienone is 2. The smallest absolute Gasteiger partial charge is 0.358 e. The van der Waals surface area contributed by atoms with E-state index in [1.807, 2.05) is 43.0 Å². The molecular weight excluding hydrogens is 754 g/mol. The molecule has 292 valence electrons. The molecule has 4 heterocycles. The van der Waals surface area contributed by atoms with E-state index < -0.39 is 19.9 Å². The van der Waals surface area contributed by atoms with Crippen molar-refractivity contribution in [1.29, 1.82) is 0 Å². The third-order valence-corrected chi connectivity index (χ3v) is 13.1. The molecule has 0 radical (unpaired) electrons. The van der Waals surface area contributed by atoms with Crippen molar-refractivity contribution >= 4 is 63.7 Å². The molecule has 55 heavy (non-hydrogen) atoms. The zero-order chi connectivity index (χ0) is 39.2. The fraction of sp³-hybridized carbons (Fsp3) is 0.475. The Kier molecular flexibility index (Phi) is 13.2. The van der Waals surface area contributed by atoms with Crippen LogP contribution in [-0.2, 0) is 33.8 Å². The van der Waals surface area contributed by atoms with Gasteiger partial charge in [-0.1, -0.05) is 61.0 Å². The van der Waals surface area contributed by atoms with E-state index >= 15 is 4.39 Å². The van der Waals surface area contributed by atoms with E-state index in [9.17, 15) is 4.79 Å². The van der Waals surface area contributed by atoms with Gasteiger partial charge in [-0.25, -0.2) is 14.2 Å². The first-order valence-corrected chi connectivity index (χ1v) is 24.1. The van der Waals surface area contributed by atoms with Crippen molar-refractivity contribution in [1.82, 2.24) is 24.6 Å². The van der Waals surface area contributed by atoms with E-state index in [2.05, 4.69) is 58.4 Å². The molecule has 1 aromatic carbocycles. The van der Waals surface area contributed by atoms with Crippen LogP contribution in [0.2, 0.25) is 25.7 Å². The number of alkyl halides is 1. The number of aromatic nitrogens is 4. The molecule has 0 bridgehead atoms. The van der Waals surface area contributed by atoms with Gasteiger partial charge in [0.05, 0.1) is 30.0 Å². The first-order chi connectivity index (χ1) is 26.3. The second-order valence-electron chi connectivity index (χ2n) is 15.1. The zero-order valence-corrected chi connectivity index (χ0v) is 35.4. The SMILES string of the molecule is CCOC(=O)c1nc(N2CCc3c2nnc(/N=c2\sc4ccccc4n2COCC[Si](C)(C)C)c3C)sc1CCCOC1(F)C=CC(C#CCN(C)C)=CC1. The molecule has 1 atom stereocenters. The number of para-hydroxylation sites is 1. The minimum Gasteiger partial charge on any atom is -0.461 e. The summed E-state index contributed by atoms with van der Waals surface area (Å²) in [6.07, 6.45) is 6.65. The third kappa shape index (κ3) is 10.2. The van der Waals surface area contributed by atoms with Gasteiger partial charge in [0, 0.05) is 49.2 Å². The van der Waals surface area contributed by atoms with Gasteiger partial charge in [-0.15, -0.1) is 21.5 Å². The molecule has 1 unspecified atom stereocenters. The van der Waals surface area contributed by atoms with Gasteiger partial charge in [0.1, 0.15) is 6.73 Å². The molecular formula is C40H50FN7O4S2Si. The van der Waals surface area contributed by atoms with Crippen LogP contribution in [0.3, 0.4) is 0 Å². The van der Waals surface area contributed by atoms with Crippen LogP contribution in [0.4, 0.5) is 21.2 Å². The summed E-state index contributed by atoms with van der Waals surface area (Å²) >= 11 is 3.02. The molecule has 0 fully saturated rings. The van der Waals surface area contributed by atoms with Gasteiger partial charge in [0.25, 0.3) is 0 Å². The molecule has 2 aliphatic rings. The molecule has 1 aliphatic heterocycles. The van der Waals surface area contributed by atoms with E-state index in [0.29, 0.717) is 56.0 Å². The number of rotatable bonds is 15. The highest BCUT2D eigenvalue weighted by Crippen LogP contribution is 2.40. The van der Waals surface area contributed by atoms with Crippen molar-refractivity contribution in [2.24, 2.45) is 4.99 Å². The average molecular weight is 804 g/mol. The Hall–Kier alpha value is -4.04. The van der Waals surface area contributed by atoms with Crippen LogP contribution in [0.5, 0.6) is 0 Å². The van der Waals surface area contributed by atoms with Crippen LogP contribution in [-0.4, -0.2) is 91.6 Å². The number of esters is 1. The van der Waals surface area contributed by atoms with Crippen molar-refractivity contribution in [3.05, 3.63) is 74.6 Å². The summed E-state index contributed by atoms with van der Waals surface area (Å²) < 4.78 is 35.9. The Morgan fingerprint density at radius 1 is 1.16 bits per heavy atom. The number of anilines is 2. The normalized spacial score (nSPS) is 17.1. The lowest BCUT2D eigenvalue weighted by molar-refractivity contribution is -0.105. The van der Waals surface area contributed by atoms with Crippen LogP contribution in [0.15, 0.2) is 53.1 Å². The van der Waals surface area contributed by atoms with Gasteiger partial charge in [-0.2, -0.15) is 4.99 Å². The maximum absolute atomic E-state index is 15.4. The molecule has 3 aromatic heterocycles. The molecule has 15 heteroatoms. The Morgan fingerprint density at radius 2 is 1.98 bits per heavy atom. The lowest BCUT2D eigenvalue weighted by atomic mass is 10.0. The van der Waals surface area contributed by atoms with Crippen molar-refractivity contribution in [3.63, 3.8) is 0 Å². The van der Waals surface area contributed by atoms with E-state index in [4.69, 9.17) is 24.2 Å². The number of hydrogen-bond acceptors (Lipinski definition) is 12. The van der Waals surface area contributed by atoms with Crippen LogP contribution >= 0.6 is 22.7 Å². The van der Waals surface area contributed by atoms with Gasteiger partial charge >= 0.3 is 5.97 Å². The highest BCUT2D eigenvalue weighted by atomic mass is 32.1. The molecule has 0 saturated heterocycles. The summed E-state index contributed by atoms with van der Waals surface area (Å²) in [5.41, 5.74) is 4.12. The highest BCUT2D eigenvalue weighted by Gasteiger charge is 2.31. The van der Waals surface area contributed by atoms with E-state index in [-0.39, 0.29) is 25.3 Å². The van der Waals surface area contributed by atoms with Gasteiger partial charge < -0.3 is 19.1 Å². The number of nitrogens with zero attached hydrogens (tertiary/aromatic N) is 7. The monoisotopic (exact) mass is 803 g/mol. The summed E-state index contributed by atoms with van der Waals surface area (Å²) in [4.78, 5) is 28.4. The summed E-state index contributed by atoms with van der Waals surface area (Å²) in [5, 5.41) is 9.91. The van der Waals surface area contributed by atoms with Crippen molar-refractivity contribution in [2.45, 2.75) is 77.8 Å². The standard InChI is InChI=1S/C40H50FN7O4S2Si/c1-8-51-37(49)34-33(16-12-24-52-40(41)20-17-29(18-21-40)13-11-22-46(3)4)54-38(42-34)47-23-19-30-28(2)35(44-45-36(30)47)43-39-48(27-50-25-26-55(5,6)7)31-14-9-10-15-32(31)53-39/h9-10,14-15,17-18,20H,8,12,16,19,21-27H2,1-7H3/b43-39-. The van der Waals surface area contributed by atoms with Gasteiger partial charge in [0.15, 0.2) is 27.3 Å². The number of hydrogen-bond donors (Lipinski definition) is 0. The Labute approximate surface area is 331 Å². The highest BCUT2D eigenvalue weighted by molar-refractivity contribution is 7.16. The second-order valence-corrected chi connectivity index (χ2v) is 22.7. The maximum Gasteiger partial charge on any atom is 0.358 e.